The molecule has 0 aliphatic rings. The van der Waals surface area contributed by atoms with Crippen molar-refractivity contribution in [1.29, 1.82) is 0 Å². The molecule has 0 saturated heterocycles. The van der Waals surface area contributed by atoms with Crippen molar-refractivity contribution in [2.24, 2.45) is 0 Å². The van der Waals surface area contributed by atoms with E-state index in [1.165, 1.54) is 6.07 Å². The van der Waals surface area contributed by atoms with Crippen LogP contribution in [0.3, 0.4) is 0 Å². The Morgan fingerprint density at radius 1 is 0.971 bits per heavy atom. The SMILES string of the molecule is CN(C)Cc1cncc(-c2ccc3[nH]nc(-c4cc5c(-c6ccc(F)s6)ccnc5[nH]4)c3c2)c1. The topological polar surface area (TPSA) is 73.5 Å². The largest absolute Gasteiger partial charge is 0.338 e. The van der Waals surface area contributed by atoms with Gasteiger partial charge in [-0.15, -0.1) is 11.3 Å². The fourth-order valence-electron chi connectivity index (χ4n) is 4.32. The molecule has 6 nitrogen and oxygen atoms in total. The van der Waals surface area contributed by atoms with Crippen LogP contribution in [0.1, 0.15) is 5.56 Å². The Labute approximate surface area is 199 Å². The van der Waals surface area contributed by atoms with Crippen LogP contribution in [-0.4, -0.2) is 44.1 Å². The summed E-state index contributed by atoms with van der Waals surface area (Å²) >= 11 is 1.13. The van der Waals surface area contributed by atoms with Gasteiger partial charge in [0.2, 0.25) is 0 Å². The summed E-state index contributed by atoms with van der Waals surface area (Å²) in [6, 6.07) is 15.7. The average molecular weight is 469 g/mol. The van der Waals surface area contributed by atoms with Crippen molar-refractivity contribution in [3.63, 3.8) is 0 Å². The van der Waals surface area contributed by atoms with Gasteiger partial charge in [0.05, 0.1) is 11.2 Å². The molecule has 34 heavy (non-hydrogen) atoms. The lowest BCUT2D eigenvalue weighted by molar-refractivity contribution is 0.402. The second-order valence-corrected chi connectivity index (χ2v) is 9.59. The predicted molar refractivity (Wildman–Crippen MR) is 135 cm³/mol. The molecule has 0 spiro atoms. The molecule has 0 fully saturated rings. The first-order valence-electron chi connectivity index (χ1n) is 10.9. The van der Waals surface area contributed by atoms with Crippen molar-refractivity contribution in [2.75, 3.05) is 14.1 Å². The van der Waals surface area contributed by atoms with Gasteiger partial charge in [-0.1, -0.05) is 6.07 Å². The number of halogens is 1. The summed E-state index contributed by atoms with van der Waals surface area (Å²) in [6.45, 7) is 0.832. The lowest BCUT2D eigenvalue weighted by Gasteiger charge is -2.10. The molecule has 168 valence electrons. The number of rotatable bonds is 5. The molecule has 0 bridgehead atoms. The number of pyridine rings is 2. The van der Waals surface area contributed by atoms with Crippen LogP contribution in [0.25, 0.3) is 54.9 Å². The zero-order valence-electron chi connectivity index (χ0n) is 18.6. The van der Waals surface area contributed by atoms with E-state index >= 15 is 0 Å². The highest BCUT2D eigenvalue weighted by Gasteiger charge is 2.16. The van der Waals surface area contributed by atoms with E-state index in [2.05, 4.69) is 48.2 Å². The zero-order chi connectivity index (χ0) is 23.2. The monoisotopic (exact) mass is 468 g/mol. The van der Waals surface area contributed by atoms with Gasteiger partial charge in [0.25, 0.3) is 0 Å². The summed E-state index contributed by atoms with van der Waals surface area (Å²) in [6.07, 6.45) is 5.53. The van der Waals surface area contributed by atoms with Gasteiger partial charge in [-0.05, 0) is 67.7 Å². The van der Waals surface area contributed by atoms with Crippen molar-refractivity contribution >= 4 is 33.3 Å². The number of hydrogen-bond donors (Lipinski definition) is 2. The minimum atomic E-state index is -0.203. The Morgan fingerprint density at radius 2 is 1.88 bits per heavy atom. The number of hydrogen-bond acceptors (Lipinski definition) is 5. The average Bonchev–Trinajstić information content (AvgIpc) is 3.55. The molecular weight excluding hydrogens is 447 g/mol. The number of aromatic nitrogens is 5. The third kappa shape index (κ3) is 3.67. The lowest BCUT2D eigenvalue weighted by Crippen LogP contribution is -2.10. The van der Waals surface area contributed by atoms with Crippen molar-refractivity contribution in [3.05, 3.63) is 77.8 Å². The molecule has 0 radical (unpaired) electrons. The van der Waals surface area contributed by atoms with Crippen LogP contribution in [0.5, 0.6) is 0 Å². The van der Waals surface area contributed by atoms with Crippen LogP contribution in [0.2, 0.25) is 0 Å². The highest BCUT2D eigenvalue weighted by Crippen LogP contribution is 2.36. The number of aromatic amines is 2. The molecule has 6 rings (SSSR count). The van der Waals surface area contributed by atoms with Gasteiger partial charge in [-0.2, -0.15) is 9.49 Å². The van der Waals surface area contributed by atoms with E-state index in [1.807, 2.05) is 44.7 Å². The maximum absolute atomic E-state index is 13.7. The molecular formula is C26H21FN6S. The van der Waals surface area contributed by atoms with Crippen molar-refractivity contribution in [2.45, 2.75) is 6.54 Å². The lowest BCUT2D eigenvalue weighted by atomic mass is 10.0. The first-order valence-corrected chi connectivity index (χ1v) is 11.7. The third-order valence-corrected chi connectivity index (χ3v) is 6.72. The van der Waals surface area contributed by atoms with Crippen LogP contribution in [-0.2, 0) is 6.54 Å². The summed E-state index contributed by atoms with van der Waals surface area (Å²) in [5, 5.41) is 9.47. The molecule has 0 saturated carbocycles. The number of fused-ring (bicyclic) bond motifs is 2. The van der Waals surface area contributed by atoms with Gasteiger partial charge < -0.3 is 9.88 Å². The first-order chi connectivity index (χ1) is 16.5. The third-order valence-electron chi connectivity index (χ3n) is 5.82. The minimum absolute atomic E-state index is 0.203. The second kappa shape index (κ2) is 8.16. The molecule has 0 unspecified atom stereocenters. The number of H-pyrrole nitrogens is 2. The molecule has 5 aromatic heterocycles. The molecule has 0 aliphatic carbocycles. The smallest absolute Gasteiger partial charge is 0.176 e. The molecule has 0 aliphatic heterocycles. The standard InChI is InChI=1S/C26H21FN6S/c1-33(2)14-15-9-17(13-28-12-15)16-3-4-21-20(10-16)25(32-31-21)22-11-19-18(7-8-29-26(19)30-22)23-5-6-24(27)34-23/h3-13H,14H2,1-2H3,(H,29,30)(H,31,32). The first kappa shape index (κ1) is 20.7. The van der Waals surface area contributed by atoms with Gasteiger partial charge in [-0.25, -0.2) is 4.98 Å². The van der Waals surface area contributed by atoms with Gasteiger partial charge >= 0.3 is 0 Å². The van der Waals surface area contributed by atoms with E-state index in [1.54, 1.807) is 12.3 Å². The normalized spacial score (nSPS) is 11.8. The Kier molecular flexibility index (Phi) is 4.97. The van der Waals surface area contributed by atoms with Gasteiger partial charge in [-0.3, -0.25) is 10.1 Å². The fourth-order valence-corrected chi connectivity index (χ4v) is 5.09. The number of nitrogens with one attached hydrogen (secondary N) is 2. The van der Waals surface area contributed by atoms with Crippen LogP contribution >= 0.6 is 11.3 Å². The highest BCUT2D eigenvalue weighted by molar-refractivity contribution is 7.14. The van der Waals surface area contributed by atoms with E-state index in [-0.39, 0.29) is 5.13 Å². The quantitative estimate of drug-likeness (QED) is 0.321. The minimum Gasteiger partial charge on any atom is -0.338 e. The Balaban J connectivity index is 1.45. The molecule has 2 N–H and O–H groups in total. The molecule has 0 atom stereocenters. The summed E-state index contributed by atoms with van der Waals surface area (Å²) in [5.41, 5.74) is 7.61. The number of benzene rings is 1. The summed E-state index contributed by atoms with van der Waals surface area (Å²) < 4.78 is 13.7. The van der Waals surface area contributed by atoms with Gasteiger partial charge in [0.1, 0.15) is 11.3 Å². The zero-order valence-corrected chi connectivity index (χ0v) is 19.4. The predicted octanol–water partition coefficient (Wildman–Crippen LogP) is 6.10. The molecule has 8 heteroatoms. The van der Waals surface area contributed by atoms with E-state index in [9.17, 15) is 4.39 Å². The summed E-state index contributed by atoms with van der Waals surface area (Å²) in [7, 11) is 4.10. The maximum atomic E-state index is 13.7. The van der Waals surface area contributed by atoms with E-state index in [4.69, 9.17) is 0 Å². The van der Waals surface area contributed by atoms with E-state index in [0.717, 1.165) is 78.3 Å². The summed E-state index contributed by atoms with van der Waals surface area (Å²) in [5.74, 6) is 0. The van der Waals surface area contributed by atoms with E-state index < -0.39 is 0 Å². The Hall–Kier alpha value is -3.88. The van der Waals surface area contributed by atoms with Crippen LogP contribution in [0.4, 0.5) is 4.39 Å². The fraction of sp³-hybridized carbons (Fsp3) is 0.115. The van der Waals surface area contributed by atoms with Crippen LogP contribution in [0.15, 0.2) is 67.1 Å². The van der Waals surface area contributed by atoms with Crippen LogP contribution in [0, 0.1) is 5.13 Å². The van der Waals surface area contributed by atoms with Gasteiger partial charge in [0, 0.05) is 51.9 Å². The van der Waals surface area contributed by atoms with Crippen molar-refractivity contribution in [3.8, 4) is 33.0 Å². The van der Waals surface area contributed by atoms with Crippen LogP contribution < -0.4 is 0 Å². The van der Waals surface area contributed by atoms with Gasteiger partial charge in [0.15, 0.2) is 5.13 Å². The molecule has 5 heterocycles. The van der Waals surface area contributed by atoms with Crippen molar-refractivity contribution in [1.82, 2.24) is 30.0 Å². The number of nitrogens with zero attached hydrogens (tertiary/aromatic N) is 4. The second-order valence-electron chi connectivity index (χ2n) is 8.56. The molecule has 0 amide bonds. The maximum Gasteiger partial charge on any atom is 0.176 e. The highest BCUT2D eigenvalue weighted by atomic mass is 32.1. The van der Waals surface area contributed by atoms with E-state index in [0.29, 0.717) is 0 Å². The Morgan fingerprint density at radius 3 is 2.71 bits per heavy atom. The number of thiophene rings is 1. The Bertz CT molecular complexity index is 1640. The molecule has 6 aromatic rings. The van der Waals surface area contributed by atoms with Crippen molar-refractivity contribution < 1.29 is 4.39 Å². The summed E-state index contributed by atoms with van der Waals surface area (Å²) in [4.78, 5) is 15.3. The molecule has 1 aromatic carbocycles.